The maximum absolute atomic E-state index is 15.0. The molecule has 2 amide bonds. The molecule has 6 heteroatoms. The first-order valence-electron chi connectivity index (χ1n) is 9.36. The number of carbonyl (C=O) groups excluding carboxylic acids is 2. The molecule has 0 saturated heterocycles. The number of nitrogens with zero attached hydrogens (tertiary/aromatic N) is 1. The number of rotatable bonds is 3. The Morgan fingerprint density at radius 2 is 2.04 bits per heavy atom. The lowest BCUT2D eigenvalue weighted by Crippen LogP contribution is -2.38. The average molecular weight is 386 g/mol. The van der Waals surface area contributed by atoms with Crippen LogP contribution in [0.2, 0.25) is 0 Å². The van der Waals surface area contributed by atoms with Crippen LogP contribution >= 0.6 is 0 Å². The van der Waals surface area contributed by atoms with E-state index in [2.05, 4.69) is 5.32 Å². The van der Waals surface area contributed by atoms with Gasteiger partial charge < -0.3 is 15.0 Å². The Morgan fingerprint density at radius 1 is 1.36 bits per heavy atom. The molecule has 28 heavy (non-hydrogen) atoms. The molecule has 1 aliphatic heterocycles. The van der Waals surface area contributed by atoms with Crippen molar-refractivity contribution in [3.63, 3.8) is 0 Å². The molecule has 1 aliphatic rings. The number of halogens is 1. The SMILES string of the molecule is CNC(=O)c1ccc(Cc2cc3c(c(F)c2C)OCC[C@H](C)N(C)C3=O)cc1.[HH]. The van der Waals surface area contributed by atoms with Crippen LogP contribution in [-0.4, -0.2) is 43.5 Å². The van der Waals surface area contributed by atoms with Gasteiger partial charge in [-0.25, -0.2) is 4.39 Å². The van der Waals surface area contributed by atoms with Gasteiger partial charge >= 0.3 is 0 Å². The molecule has 2 aromatic carbocycles. The van der Waals surface area contributed by atoms with Crippen LogP contribution in [0.4, 0.5) is 4.39 Å². The van der Waals surface area contributed by atoms with E-state index in [0.29, 0.717) is 30.6 Å². The van der Waals surface area contributed by atoms with E-state index in [1.54, 1.807) is 44.1 Å². The summed E-state index contributed by atoms with van der Waals surface area (Å²) in [7, 11) is 3.31. The zero-order valence-corrected chi connectivity index (χ0v) is 16.6. The van der Waals surface area contributed by atoms with Crippen molar-refractivity contribution in [1.82, 2.24) is 10.2 Å². The van der Waals surface area contributed by atoms with E-state index in [1.807, 2.05) is 19.1 Å². The van der Waals surface area contributed by atoms with E-state index in [0.717, 1.165) is 11.1 Å². The summed E-state index contributed by atoms with van der Waals surface area (Å²) in [6.07, 6.45) is 1.11. The minimum atomic E-state index is -0.481. The van der Waals surface area contributed by atoms with Crippen molar-refractivity contribution in [1.29, 1.82) is 0 Å². The van der Waals surface area contributed by atoms with Crippen LogP contribution < -0.4 is 10.1 Å². The van der Waals surface area contributed by atoms with Crippen molar-refractivity contribution in [2.75, 3.05) is 20.7 Å². The highest BCUT2D eigenvalue weighted by molar-refractivity contribution is 5.97. The fraction of sp³-hybridized carbons (Fsp3) is 0.364. The largest absolute Gasteiger partial charge is 0.490 e. The molecule has 0 spiro atoms. The van der Waals surface area contributed by atoms with Crippen molar-refractivity contribution in [2.45, 2.75) is 32.7 Å². The predicted molar refractivity (Wildman–Crippen MR) is 108 cm³/mol. The predicted octanol–water partition coefficient (Wildman–Crippen LogP) is 3.57. The summed E-state index contributed by atoms with van der Waals surface area (Å²) in [4.78, 5) is 26.2. The van der Waals surface area contributed by atoms with Gasteiger partial charge in [0.2, 0.25) is 0 Å². The lowest BCUT2D eigenvalue weighted by molar-refractivity contribution is 0.0696. The van der Waals surface area contributed by atoms with E-state index in [1.165, 1.54) is 0 Å². The number of amides is 2. The number of carbonyl (C=O) groups is 2. The third kappa shape index (κ3) is 3.72. The number of benzene rings is 2. The Labute approximate surface area is 166 Å². The monoisotopic (exact) mass is 386 g/mol. The van der Waals surface area contributed by atoms with Crippen molar-refractivity contribution in [2.24, 2.45) is 0 Å². The third-order valence-electron chi connectivity index (χ3n) is 5.41. The summed E-state index contributed by atoms with van der Waals surface area (Å²) < 4.78 is 20.6. The highest BCUT2D eigenvalue weighted by atomic mass is 19.1. The van der Waals surface area contributed by atoms with Crippen molar-refractivity contribution in [3.8, 4) is 5.75 Å². The molecular weight excluding hydrogens is 359 g/mol. The molecule has 0 radical (unpaired) electrons. The van der Waals surface area contributed by atoms with Gasteiger partial charge in [-0.2, -0.15) is 0 Å². The quantitative estimate of drug-likeness (QED) is 0.877. The zero-order chi connectivity index (χ0) is 20.4. The molecule has 3 rings (SSSR count). The molecule has 5 nitrogen and oxygen atoms in total. The zero-order valence-electron chi connectivity index (χ0n) is 16.6. The molecule has 0 aliphatic carbocycles. The second-order valence-corrected chi connectivity index (χ2v) is 7.21. The Bertz CT molecular complexity index is 915. The molecule has 1 atom stereocenters. The number of hydrogen-bond donors (Lipinski definition) is 1. The Morgan fingerprint density at radius 3 is 2.68 bits per heavy atom. The molecule has 0 saturated carbocycles. The number of nitrogens with one attached hydrogen (secondary N) is 1. The van der Waals surface area contributed by atoms with Gasteiger partial charge in [0, 0.05) is 33.5 Å². The average Bonchev–Trinajstić information content (AvgIpc) is 2.70. The summed E-state index contributed by atoms with van der Waals surface area (Å²) >= 11 is 0. The van der Waals surface area contributed by atoms with Gasteiger partial charge in [-0.15, -0.1) is 0 Å². The second-order valence-electron chi connectivity index (χ2n) is 7.21. The van der Waals surface area contributed by atoms with Crippen LogP contribution in [0.25, 0.3) is 0 Å². The van der Waals surface area contributed by atoms with Crippen molar-refractivity contribution < 1.29 is 20.1 Å². The molecule has 2 aromatic rings. The van der Waals surface area contributed by atoms with Gasteiger partial charge in [0.15, 0.2) is 11.6 Å². The van der Waals surface area contributed by atoms with E-state index >= 15 is 4.39 Å². The van der Waals surface area contributed by atoms with Gasteiger partial charge in [-0.3, -0.25) is 9.59 Å². The highest BCUT2D eigenvalue weighted by Gasteiger charge is 2.28. The molecular formula is C22H27FN2O3. The maximum Gasteiger partial charge on any atom is 0.257 e. The number of ether oxygens (including phenoxy) is 1. The first kappa shape index (κ1) is 19.9. The summed E-state index contributed by atoms with van der Waals surface area (Å²) in [6, 6.07) is 8.90. The molecule has 1 N–H and O–H groups in total. The molecule has 150 valence electrons. The number of fused-ring (bicyclic) bond motifs is 1. The lowest BCUT2D eigenvalue weighted by atomic mass is 9.95. The fourth-order valence-electron chi connectivity index (χ4n) is 3.31. The van der Waals surface area contributed by atoms with Gasteiger partial charge in [0.05, 0.1) is 12.2 Å². The second kappa shape index (κ2) is 8.00. The smallest absolute Gasteiger partial charge is 0.257 e. The maximum atomic E-state index is 15.0. The summed E-state index contributed by atoms with van der Waals surface area (Å²) in [5.74, 6) is -0.835. The van der Waals surface area contributed by atoms with E-state index in [4.69, 9.17) is 4.74 Å². The van der Waals surface area contributed by atoms with Crippen molar-refractivity contribution in [3.05, 3.63) is 64.0 Å². The molecule has 1 heterocycles. The summed E-state index contributed by atoms with van der Waals surface area (Å²) in [6.45, 7) is 4.01. The fourth-order valence-corrected chi connectivity index (χ4v) is 3.31. The first-order chi connectivity index (χ1) is 13.3. The van der Waals surface area contributed by atoms with Gasteiger partial charge in [-0.05, 0) is 55.2 Å². The van der Waals surface area contributed by atoms with Gasteiger partial charge in [-0.1, -0.05) is 12.1 Å². The third-order valence-corrected chi connectivity index (χ3v) is 5.41. The highest BCUT2D eigenvalue weighted by Crippen LogP contribution is 2.32. The van der Waals surface area contributed by atoms with E-state index in [-0.39, 0.29) is 30.6 Å². The Kier molecular flexibility index (Phi) is 5.68. The minimum absolute atomic E-state index is 0. The molecule has 0 bridgehead atoms. The topological polar surface area (TPSA) is 58.6 Å². The van der Waals surface area contributed by atoms with Gasteiger partial charge in [0.25, 0.3) is 11.8 Å². The molecule has 0 aromatic heterocycles. The van der Waals surface area contributed by atoms with Crippen LogP contribution in [-0.2, 0) is 6.42 Å². The summed E-state index contributed by atoms with van der Waals surface area (Å²) in [5.41, 5.74) is 2.94. The van der Waals surface area contributed by atoms with Crippen molar-refractivity contribution >= 4 is 11.8 Å². The van der Waals surface area contributed by atoms with Crippen LogP contribution in [0.5, 0.6) is 5.75 Å². The van der Waals surface area contributed by atoms with Crippen LogP contribution in [0.1, 0.15) is 52.2 Å². The Hall–Kier alpha value is -2.89. The summed E-state index contributed by atoms with van der Waals surface area (Å²) in [5, 5.41) is 2.58. The van der Waals surface area contributed by atoms with Crippen LogP contribution in [0.15, 0.2) is 30.3 Å². The molecule has 0 fully saturated rings. The Balaban J connectivity index is 0.00000300. The lowest BCUT2D eigenvalue weighted by Gasteiger charge is -2.29. The standard InChI is InChI=1S/C22H25FN2O3.H2/c1-13-9-10-28-20-18(22(27)25(13)4)12-17(14(2)19(20)23)11-15-5-7-16(8-6-15)21(26)24-3;/h5-8,12-13H,9-11H2,1-4H3,(H,24,26);1H/t13-;/m0./s1. The normalized spacial score (nSPS) is 16.7. The van der Waals surface area contributed by atoms with E-state index in [9.17, 15) is 9.59 Å². The van der Waals surface area contributed by atoms with Gasteiger partial charge in [0.1, 0.15) is 0 Å². The first-order valence-corrected chi connectivity index (χ1v) is 9.36. The number of hydrogen-bond acceptors (Lipinski definition) is 3. The van der Waals surface area contributed by atoms with Crippen LogP contribution in [0, 0.1) is 12.7 Å². The minimum Gasteiger partial charge on any atom is -0.490 e. The van der Waals surface area contributed by atoms with E-state index < -0.39 is 5.82 Å². The van der Waals surface area contributed by atoms with Crippen LogP contribution in [0.3, 0.4) is 0 Å². The molecule has 0 unspecified atom stereocenters.